The van der Waals surface area contributed by atoms with Gasteiger partial charge in [0.05, 0.1) is 0 Å². The van der Waals surface area contributed by atoms with Gasteiger partial charge in [-0.3, -0.25) is 0 Å². The van der Waals surface area contributed by atoms with Crippen LogP contribution in [0.2, 0.25) is 0 Å². The molecule has 0 aromatic heterocycles. The summed E-state index contributed by atoms with van der Waals surface area (Å²) in [6.45, 7) is 2.16. The zero-order valence-electron chi connectivity index (χ0n) is 5.85. The van der Waals surface area contributed by atoms with E-state index in [1.54, 1.807) is 0 Å². The van der Waals surface area contributed by atoms with Crippen molar-refractivity contribution >= 4 is 9.24 Å². The largest absolute Gasteiger partial charge is 0.110 e. The second kappa shape index (κ2) is 3.17. The highest BCUT2D eigenvalue weighted by atomic mass is 31.0. The van der Waals surface area contributed by atoms with Gasteiger partial charge in [0.25, 0.3) is 0 Å². The van der Waals surface area contributed by atoms with Crippen molar-refractivity contribution in [2.75, 3.05) is 0 Å². The average molecular weight is 140 g/mol. The standard InChI is InChI=1S/C8H13P/c1-7-4-2-3-5-8(9)6-7/h4,6H,2-3,5,9H2,1H3. The number of allylic oxidation sites excluding steroid dienone is 4. The van der Waals surface area contributed by atoms with Gasteiger partial charge in [0, 0.05) is 0 Å². The van der Waals surface area contributed by atoms with E-state index in [2.05, 4.69) is 28.3 Å². The lowest BCUT2D eigenvalue weighted by Crippen LogP contribution is -1.68. The van der Waals surface area contributed by atoms with Crippen molar-refractivity contribution in [2.24, 2.45) is 0 Å². The van der Waals surface area contributed by atoms with E-state index in [4.69, 9.17) is 0 Å². The molecule has 0 aromatic rings. The molecule has 1 unspecified atom stereocenters. The Balaban J connectivity index is 2.67. The van der Waals surface area contributed by atoms with E-state index in [1.807, 2.05) is 0 Å². The summed E-state index contributed by atoms with van der Waals surface area (Å²) in [5, 5.41) is 1.45. The van der Waals surface area contributed by atoms with Crippen LogP contribution in [0.1, 0.15) is 26.2 Å². The van der Waals surface area contributed by atoms with Crippen molar-refractivity contribution < 1.29 is 0 Å². The van der Waals surface area contributed by atoms with Gasteiger partial charge in [0.15, 0.2) is 0 Å². The summed E-state index contributed by atoms with van der Waals surface area (Å²) in [5.74, 6) is 0. The Morgan fingerprint density at radius 1 is 1.56 bits per heavy atom. The maximum absolute atomic E-state index is 2.78. The maximum atomic E-state index is 2.78. The summed E-state index contributed by atoms with van der Waals surface area (Å²) in [6.07, 6.45) is 8.36. The van der Waals surface area contributed by atoms with Crippen LogP contribution in [0.15, 0.2) is 23.0 Å². The Labute approximate surface area is 59.2 Å². The first-order valence-electron chi connectivity index (χ1n) is 3.42. The molecular weight excluding hydrogens is 127 g/mol. The lowest BCUT2D eigenvalue weighted by Gasteiger charge is -1.92. The SMILES string of the molecule is CC1=CCCCC(P)=C1. The van der Waals surface area contributed by atoms with E-state index in [0.717, 1.165) is 0 Å². The van der Waals surface area contributed by atoms with Crippen LogP contribution in [-0.4, -0.2) is 0 Å². The molecule has 0 saturated heterocycles. The van der Waals surface area contributed by atoms with Crippen LogP contribution in [0, 0.1) is 0 Å². The first-order valence-corrected chi connectivity index (χ1v) is 3.99. The van der Waals surface area contributed by atoms with Crippen LogP contribution in [-0.2, 0) is 0 Å². The molecular formula is C8H13P. The summed E-state index contributed by atoms with van der Waals surface area (Å²) in [7, 11) is 2.78. The lowest BCUT2D eigenvalue weighted by atomic mass is 10.2. The molecule has 1 heteroatoms. The molecule has 0 fully saturated rings. The molecule has 1 aliphatic rings. The van der Waals surface area contributed by atoms with Crippen molar-refractivity contribution in [3.8, 4) is 0 Å². The minimum absolute atomic E-state index is 1.25. The van der Waals surface area contributed by atoms with E-state index in [-0.39, 0.29) is 0 Å². The summed E-state index contributed by atoms with van der Waals surface area (Å²) < 4.78 is 0. The normalized spacial score (nSPS) is 20.2. The van der Waals surface area contributed by atoms with Crippen molar-refractivity contribution in [3.05, 3.63) is 23.0 Å². The van der Waals surface area contributed by atoms with Crippen molar-refractivity contribution in [1.82, 2.24) is 0 Å². The first kappa shape index (κ1) is 7.02. The van der Waals surface area contributed by atoms with Gasteiger partial charge < -0.3 is 0 Å². The van der Waals surface area contributed by atoms with Crippen LogP contribution < -0.4 is 0 Å². The third-order valence-electron chi connectivity index (χ3n) is 1.55. The smallest absolute Gasteiger partial charge is 0.0277 e. The van der Waals surface area contributed by atoms with Crippen molar-refractivity contribution in [1.29, 1.82) is 0 Å². The molecule has 0 heterocycles. The number of rotatable bonds is 0. The molecule has 1 aliphatic carbocycles. The van der Waals surface area contributed by atoms with Gasteiger partial charge in [-0.05, 0) is 26.2 Å². The quantitative estimate of drug-likeness (QED) is 0.454. The Hall–Kier alpha value is -0.0900. The summed E-state index contributed by atoms with van der Waals surface area (Å²) >= 11 is 0. The first-order chi connectivity index (χ1) is 4.29. The van der Waals surface area contributed by atoms with E-state index < -0.39 is 0 Å². The van der Waals surface area contributed by atoms with Gasteiger partial charge in [0.1, 0.15) is 0 Å². The third kappa shape index (κ3) is 2.32. The van der Waals surface area contributed by atoms with Crippen LogP contribution in [0.3, 0.4) is 0 Å². The van der Waals surface area contributed by atoms with Gasteiger partial charge in [-0.25, -0.2) is 0 Å². The average Bonchev–Trinajstić information content (AvgIpc) is 1.93. The van der Waals surface area contributed by atoms with Crippen molar-refractivity contribution in [2.45, 2.75) is 26.2 Å². The monoisotopic (exact) mass is 140 g/mol. The fourth-order valence-electron chi connectivity index (χ4n) is 1.06. The molecule has 0 N–H and O–H groups in total. The highest BCUT2D eigenvalue weighted by molar-refractivity contribution is 7.22. The summed E-state index contributed by atoms with van der Waals surface area (Å²) in [4.78, 5) is 0. The number of hydrogen-bond donors (Lipinski definition) is 0. The maximum Gasteiger partial charge on any atom is -0.0277 e. The molecule has 0 spiro atoms. The minimum Gasteiger partial charge on any atom is -0.110 e. The predicted molar refractivity (Wildman–Crippen MR) is 45.4 cm³/mol. The molecule has 50 valence electrons. The van der Waals surface area contributed by atoms with Gasteiger partial charge in [0.2, 0.25) is 0 Å². The van der Waals surface area contributed by atoms with Crippen LogP contribution in [0.4, 0.5) is 0 Å². The molecule has 0 aromatic carbocycles. The molecule has 1 atom stereocenters. The Bertz CT molecular complexity index is 154. The van der Waals surface area contributed by atoms with Crippen LogP contribution in [0.5, 0.6) is 0 Å². The molecule has 0 aliphatic heterocycles. The van der Waals surface area contributed by atoms with Crippen LogP contribution in [0.25, 0.3) is 0 Å². The highest BCUT2D eigenvalue weighted by Gasteiger charge is 1.95. The van der Waals surface area contributed by atoms with E-state index in [9.17, 15) is 0 Å². The highest BCUT2D eigenvalue weighted by Crippen LogP contribution is 2.20. The summed E-state index contributed by atoms with van der Waals surface area (Å²) in [5.41, 5.74) is 1.41. The second-order valence-electron chi connectivity index (χ2n) is 2.56. The lowest BCUT2D eigenvalue weighted by molar-refractivity contribution is 0.867. The Kier molecular flexibility index (Phi) is 2.48. The topological polar surface area (TPSA) is 0 Å². The third-order valence-corrected chi connectivity index (χ3v) is 2.00. The molecule has 0 nitrogen and oxygen atoms in total. The van der Waals surface area contributed by atoms with E-state index in [1.165, 1.54) is 30.1 Å². The van der Waals surface area contributed by atoms with Gasteiger partial charge >= 0.3 is 0 Å². The zero-order valence-corrected chi connectivity index (χ0v) is 7.01. The zero-order chi connectivity index (χ0) is 6.69. The van der Waals surface area contributed by atoms with E-state index in [0.29, 0.717) is 0 Å². The Morgan fingerprint density at radius 3 is 3.11 bits per heavy atom. The fourth-order valence-corrected chi connectivity index (χ4v) is 1.53. The second-order valence-corrected chi connectivity index (χ2v) is 3.30. The molecule has 1 rings (SSSR count). The van der Waals surface area contributed by atoms with Gasteiger partial charge in [-0.15, -0.1) is 9.24 Å². The summed E-state index contributed by atoms with van der Waals surface area (Å²) in [6, 6.07) is 0. The van der Waals surface area contributed by atoms with Gasteiger partial charge in [-0.2, -0.15) is 0 Å². The minimum atomic E-state index is 1.25. The molecule has 0 bridgehead atoms. The molecule has 0 amide bonds. The molecule has 0 saturated carbocycles. The fraction of sp³-hybridized carbons (Fsp3) is 0.500. The molecule has 0 radical (unpaired) electrons. The number of hydrogen-bond acceptors (Lipinski definition) is 0. The Morgan fingerprint density at radius 2 is 2.33 bits per heavy atom. The van der Waals surface area contributed by atoms with E-state index >= 15 is 0 Å². The predicted octanol–water partition coefficient (Wildman–Crippen LogP) is 2.88. The van der Waals surface area contributed by atoms with Crippen LogP contribution >= 0.6 is 9.24 Å². The van der Waals surface area contributed by atoms with Crippen molar-refractivity contribution in [3.63, 3.8) is 0 Å². The van der Waals surface area contributed by atoms with Gasteiger partial charge in [-0.1, -0.05) is 23.0 Å². The molecule has 9 heavy (non-hydrogen) atoms.